The van der Waals surface area contributed by atoms with Crippen LogP contribution in [-0.4, -0.2) is 15.6 Å². The summed E-state index contributed by atoms with van der Waals surface area (Å²) in [5.74, 6) is -2.66. The average molecular weight is 279 g/mol. The lowest BCUT2D eigenvalue weighted by atomic mass is 10.1. The number of carbonyl (C=O) groups is 1. The molecule has 20 heavy (non-hydrogen) atoms. The number of aromatic nitrogens is 1. The van der Waals surface area contributed by atoms with Crippen LogP contribution in [0.4, 0.5) is 8.78 Å². The van der Waals surface area contributed by atoms with Crippen LogP contribution in [0.25, 0.3) is 5.69 Å². The van der Waals surface area contributed by atoms with E-state index < -0.39 is 29.5 Å². The van der Waals surface area contributed by atoms with E-state index in [9.17, 15) is 18.4 Å². The zero-order chi connectivity index (χ0) is 14.9. The van der Waals surface area contributed by atoms with Gasteiger partial charge in [0.1, 0.15) is 11.6 Å². The molecule has 0 atom stereocenters. The number of pyridine rings is 1. The van der Waals surface area contributed by atoms with Crippen LogP contribution in [0, 0.1) is 18.6 Å². The summed E-state index contributed by atoms with van der Waals surface area (Å²) in [4.78, 5) is 22.4. The fourth-order valence-electron chi connectivity index (χ4n) is 1.91. The molecule has 4 nitrogen and oxygen atoms in total. The van der Waals surface area contributed by atoms with Crippen LogP contribution in [0.15, 0.2) is 35.3 Å². The Kier molecular flexibility index (Phi) is 3.65. The molecule has 1 heterocycles. The largest absolute Gasteiger partial charge is 0.481 e. The van der Waals surface area contributed by atoms with Gasteiger partial charge < -0.3 is 9.67 Å². The molecule has 0 bridgehead atoms. The molecule has 0 amide bonds. The van der Waals surface area contributed by atoms with Gasteiger partial charge in [-0.25, -0.2) is 8.78 Å². The number of nitrogens with zero attached hydrogens (tertiary/aromatic N) is 1. The first-order chi connectivity index (χ1) is 9.38. The number of aryl methyl sites for hydroxylation is 1. The number of rotatable bonds is 3. The van der Waals surface area contributed by atoms with Crippen LogP contribution in [-0.2, 0) is 11.2 Å². The molecule has 1 N–H and O–H groups in total. The van der Waals surface area contributed by atoms with Crippen molar-refractivity contribution in [2.45, 2.75) is 13.3 Å². The van der Waals surface area contributed by atoms with Gasteiger partial charge in [0.25, 0.3) is 0 Å². The minimum atomic E-state index is -1.16. The van der Waals surface area contributed by atoms with E-state index in [1.165, 1.54) is 22.9 Å². The van der Waals surface area contributed by atoms with Crippen LogP contribution in [0.2, 0.25) is 0 Å². The maximum atomic E-state index is 13.8. The molecule has 104 valence electrons. The highest BCUT2D eigenvalue weighted by atomic mass is 19.1. The van der Waals surface area contributed by atoms with E-state index in [-0.39, 0.29) is 11.3 Å². The maximum Gasteiger partial charge on any atom is 0.308 e. The van der Waals surface area contributed by atoms with E-state index in [2.05, 4.69) is 0 Å². The fourth-order valence-corrected chi connectivity index (χ4v) is 1.91. The quantitative estimate of drug-likeness (QED) is 0.935. The molecule has 1 aromatic heterocycles. The molecule has 2 aromatic rings. The second-order valence-corrected chi connectivity index (χ2v) is 4.34. The molecule has 0 aliphatic carbocycles. The summed E-state index contributed by atoms with van der Waals surface area (Å²) in [6, 6.07) is 4.27. The summed E-state index contributed by atoms with van der Waals surface area (Å²) in [6.45, 7) is 1.58. The van der Waals surface area contributed by atoms with E-state index in [1.54, 1.807) is 6.92 Å². The average Bonchev–Trinajstić information content (AvgIpc) is 2.33. The SMILES string of the molecule is Cc1cc(=O)c(CC(=O)O)cn1-c1ccc(F)cc1F. The molecule has 0 aliphatic heterocycles. The zero-order valence-electron chi connectivity index (χ0n) is 10.6. The molecule has 6 heteroatoms. The smallest absolute Gasteiger partial charge is 0.308 e. The summed E-state index contributed by atoms with van der Waals surface area (Å²) in [6.07, 6.45) is 0.810. The van der Waals surface area contributed by atoms with Gasteiger partial charge in [-0.2, -0.15) is 0 Å². The second-order valence-electron chi connectivity index (χ2n) is 4.34. The molecule has 2 rings (SSSR count). The van der Waals surface area contributed by atoms with Gasteiger partial charge in [0, 0.05) is 29.6 Å². The van der Waals surface area contributed by atoms with E-state index in [1.807, 2.05) is 0 Å². The molecule has 0 saturated carbocycles. The molecular weight excluding hydrogens is 268 g/mol. The highest BCUT2D eigenvalue weighted by Crippen LogP contribution is 2.16. The topological polar surface area (TPSA) is 59.3 Å². The molecular formula is C14H11F2NO3. The number of benzene rings is 1. The lowest BCUT2D eigenvalue weighted by Crippen LogP contribution is -2.17. The number of carboxylic acids is 1. The predicted octanol–water partition coefficient (Wildman–Crippen LogP) is 2.05. The van der Waals surface area contributed by atoms with Crippen molar-refractivity contribution < 1.29 is 18.7 Å². The van der Waals surface area contributed by atoms with E-state index in [0.29, 0.717) is 5.69 Å². The molecule has 0 unspecified atom stereocenters. The molecule has 0 fully saturated rings. The predicted molar refractivity (Wildman–Crippen MR) is 68.0 cm³/mol. The van der Waals surface area contributed by atoms with Crippen LogP contribution >= 0.6 is 0 Å². The first-order valence-electron chi connectivity index (χ1n) is 5.78. The van der Waals surface area contributed by atoms with Gasteiger partial charge in [-0.3, -0.25) is 9.59 Å². The zero-order valence-corrected chi connectivity index (χ0v) is 10.6. The second kappa shape index (κ2) is 5.24. The van der Waals surface area contributed by atoms with Crippen LogP contribution in [0.5, 0.6) is 0 Å². The lowest BCUT2D eigenvalue weighted by Gasteiger charge is -2.13. The summed E-state index contributed by atoms with van der Waals surface area (Å²) < 4.78 is 28.0. The number of aliphatic carboxylic acids is 1. The Balaban J connectivity index is 2.61. The van der Waals surface area contributed by atoms with Crippen LogP contribution < -0.4 is 5.43 Å². The molecule has 0 radical (unpaired) electrons. The Morgan fingerprint density at radius 1 is 1.30 bits per heavy atom. The van der Waals surface area contributed by atoms with Crippen molar-refractivity contribution in [3.05, 3.63) is 63.6 Å². The summed E-state index contributed by atoms with van der Waals surface area (Å²) in [7, 11) is 0. The summed E-state index contributed by atoms with van der Waals surface area (Å²) in [5, 5.41) is 8.74. The standard InChI is InChI=1S/C14H11F2NO3/c1-8-4-13(18)9(5-14(19)20)7-17(8)12-3-2-10(15)6-11(12)16/h2-4,6-7H,5H2,1H3,(H,19,20). The van der Waals surface area contributed by atoms with Gasteiger partial charge >= 0.3 is 5.97 Å². The Bertz CT molecular complexity index is 738. The van der Waals surface area contributed by atoms with Crippen molar-refractivity contribution in [1.82, 2.24) is 4.57 Å². The van der Waals surface area contributed by atoms with Crippen molar-refractivity contribution >= 4 is 5.97 Å². The van der Waals surface area contributed by atoms with Crippen molar-refractivity contribution in [3.8, 4) is 5.69 Å². The third-order valence-electron chi connectivity index (χ3n) is 2.83. The van der Waals surface area contributed by atoms with Gasteiger partial charge in [-0.15, -0.1) is 0 Å². The van der Waals surface area contributed by atoms with E-state index in [0.717, 1.165) is 12.1 Å². The first kappa shape index (κ1) is 13.9. The minimum absolute atomic E-state index is 0.0341. The van der Waals surface area contributed by atoms with Crippen LogP contribution in [0.1, 0.15) is 11.3 Å². The Morgan fingerprint density at radius 3 is 2.60 bits per heavy atom. The Labute approximate surface area is 112 Å². The van der Waals surface area contributed by atoms with Gasteiger partial charge in [0.05, 0.1) is 12.1 Å². The Morgan fingerprint density at radius 2 is 2.00 bits per heavy atom. The van der Waals surface area contributed by atoms with Gasteiger partial charge in [0.15, 0.2) is 5.43 Å². The third-order valence-corrected chi connectivity index (χ3v) is 2.83. The third kappa shape index (κ3) is 2.74. The number of carboxylic acid groups (broad SMARTS) is 1. The molecule has 0 aliphatic rings. The maximum absolute atomic E-state index is 13.8. The van der Waals surface area contributed by atoms with Crippen molar-refractivity contribution in [2.24, 2.45) is 0 Å². The van der Waals surface area contributed by atoms with Gasteiger partial charge in [-0.1, -0.05) is 0 Å². The minimum Gasteiger partial charge on any atom is -0.481 e. The molecule has 1 aromatic carbocycles. The number of hydrogen-bond donors (Lipinski definition) is 1. The first-order valence-corrected chi connectivity index (χ1v) is 5.78. The number of hydrogen-bond acceptors (Lipinski definition) is 2. The fraction of sp³-hybridized carbons (Fsp3) is 0.143. The summed E-state index contributed by atoms with van der Waals surface area (Å²) in [5.41, 5.74) is 0.0840. The van der Waals surface area contributed by atoms with Crippen molar-refractivity contribution in [1.29, 1.82) is 0 Å². The van der Waals surface area contributed by atoms with E-state index in [4.69, 9.17) is 5.11 Å². The lowest BCUT2D eigenvalue weighted by molar-refractivity contribution is -0.136. The Hall–Kier alpha value is -2.50. The highest BCUT2D eigenvalue weighted by Gasteiger charge is 2.12. The van der Waals surface area contributed by atoms with Gasteiger partial charge in [-0.05, 0) is 19.1 Å². The van der Waals surface area contributed by atoms with Crippen molar-refractivity contribution in [2.75, 3.05) is 0 Å². The summed E-state index contributed by atoms with van der Waals surface area (Å²) >= 11 is 0. The van der Waals surface area contributed by atoms with Crippen LogP contribution in [0.3, 0.4) is 0 Å². The van der Waals surface area contributed by atoms with Crippen molar-refractivity contribution in [3.63, 3.8) is 0 Å². The van der Waals surface area contributed by atoms with E-state index >= 15 is 0 Å². The highest BCUT2D eigenvalue weighted by molar-refractivity contribution is 5.70. The monoisotopic (exact) mass is 279 g/mol. The normalized spacial score (nSPS) is 10.6. The molecule has 0 saturated heterocycles. The van der Waals surface area contributed by atoms with Gasteiger partial charge in [0.2, 0.25) is 0 Å². The molecule has 0 spiro atoms. The number of halogens is 2.